The molecule has 0 atom stereocenters. The van der Waals surface area contributed by atoms with Gasteiger partial charge in [-0.15, -0.1) is 65.9 Å². The summed E-state index contributed by atoms with van der Waals surface area (Å²) in [4.78, 5) is 47.5. The molecule has 0 spiro atoms. The maximum absolute atomic E-state index is 12.3. The lowest BCUT2D eigenvalue weighted by atomic mass is 10.1. The maximum atomic E-state index is 12.3. The van der Waals surface area contributed by atoms with E-state index in [1.165, 1.54) is 161 Å². The zero-order valence-corrected chi connectivity index (χ0v) is 69.9. The largest absolute Gasteiger partial charge is 0.573 e. The Morgan fingerprint density at radius 2 is 0.984 bits per heavy atom. The second-order valence-corrected chi connectivity index (χ2v) is 31.8. The minimum Gasteiger partial charge on any atom is -0.406 e. The number of aromatic amines is 2. The van der Waals surface area contributed by atoms with Crippen molar-refractivity contribution in [2.24, 2.45) is 14.1 Å². The van der Waals surface area contributed by atoms with Gasteiger partial charge in [-0.05, 0) is 171 Å². The number of allylic oxidation sites excluding steroid dienone is 1. The number of alkyl halides is 15. The van der Waals surface area contributed by atoms with Crippen LogP contribution < -0.4 is 46.2 Å². The topological polar surface area (TPSA) is 321 Å². The van der Waals surface area contributed by atoms with E-state index in [1.807, 2.05) is 31.1 Å². The van der Waals surface area contributed by atoms with Crippen LogP contribution >= 0.6 is 50.5 Å². The molecule has 0 bridgehead atoms. The predicted molar refractivity (Wildman–Crippen MR) is 427 cm³/mol. The zero-order valence-electron chi connectivity index (χ0n) is 66.0. The molecular weight excluding hydrogens is 1760 g/mol. The van der Waals surface area contributed by atoms with Crippen LogP contribution in [0.4, 0.5) is 71.7 Å². The second kappa shape index (κ2) is 48.8. The summed E-state index contributed by atoms with van der Waals surface area (Å²) >= 11 is 19.7. The zero-order chi connectivity index (χ0) is 92.3. The highest BCUT2D eigenvalue weighted by molar-refractivity contribution is 8.24. The number of H-pyrrole nitrogens is 2. The van der Waals surface area contributed by atoms with Gasteiger partial charge in [-0.1, -0.05) is 72.3 Å². The number of likely N-dealkylation sites (N-methyl/N-ethyl adjacent to an activating group) is 2. The van der Waals surface area contributed by atoms with E-state index in [0.29, 0.717) is 55.8 Å². The minimum absolute atomic E-state index is 0.0645. The number of aryl methyl sites for hydroxylation is 1. The van der Waals surface area contributed by atoms with Gasteiger partial charge in [-0.25, -0.2) is 18.8 Å². The fourth-order valence-electron chi connectivity index (χ4n) is 9.10. The van der Waals surface area contributed by atoms with Gasteiger partial charge in [0.05, 0.1) is 36.7 Å². The summed E-state index contributed by atoms with van der Waals surface area (Å²) in [6.07, 6.45) is -13.3. The maximum Gasteiger partial charge on any atom is 0.573 e. The first-order valence-corrected chi connectivity index (χ1v) is 38.6. The average molecular weight is 1840 g/mol. The average Bonchev–Trinajstić information content (AvgIpc) is 1.65. The molecule has 4 N–H and O–H groups in total. The van der Waals surface area contributed by atoms with E-state index in [1.54, 1.807) is 82.9 Å². The number of benzene rings is 5. The van der Waals surface area contributed by atoms with E-state index in [4.69, 9.17) is 37.3 Å². The first kappa shape index (κ1) is 105. The van der Waals surface area contributed by atoms with Gasteiger partial charge in [-0.3, -0.25) is 28.7 Å². The molecular formula is C74H77Cl4F15N17O11P. The number of halogens is 19. The van der Waals surface area contributed by atoms with Crippen LogP contribution in [0.1, 0.15) is 11.1 Å². The second-order valence-electron chi connectivity index (χ2n) is 24.7. The normalized spacial score (nSPS) is 11.4. The van der Waals surface area contributed by atoms with Crippen molar-refractivity contribution in [2.45, 2.75) is 44.6 Å². The summed E-state index contributed by atoms with van der Waals surface area (Å²) in [6.45, 7) is 2.29. The number of nitrogens with one attached hydrogen (secondary N) is 2. The van der Waals surface area contributed by atoms with Crippen molar-refractivity contribution >= 4 is 73.2 Å². The summed E-state index contributed by atoms with van der Waals surface area (Å²) in [5.41, 5.74) is 9.67. The van der Waals surface area contributed by atoms with Gasteiger partial charge in [0.15, 0.2) is 5.65 Å². The van der Waals surface area contributed by atoms with Gasteiger partial charge in [0.1, 0.15) is 51.4 Å². The van der Waals surface area contributed by atoms with Gasteiger partial charge in [0.25, 0.3) is 11.1 Å². The van der Waals surface area contributed by atoms with Crippen LogP contribution in [0.5, 0.6) is 28.7 Å². The molecule has 0 fully saturated rings. The van der Waals surface area contributed by atoms with Crippen LogP contribution in [0.2, 0.25) is 5.15 Å². The molecule has 0 amide bonds. The molecule has 0 saturated heterocycles. The van der Waals surface area contributed by atoms with Crippen molar-refractivity contribution in [3.8, 4) is 74.3 Å². The quantitative estimate of drug-likeness (QED) is 0.0251. The van der Waals surface area contributed by atoms with E-state index >= 15 is 0 Å². The highest BCUT2D eigenvalue weighted by atomic mass is 36.0. The molecule has 11 rings (SSSR count). The molecule has 122 heavy (non-hydrogen) atoms. The molecule has 6 heterocycles. The third-order valence-electron chi connectivity index (χ3n) is 14.0. The van der Waals surface area contributed by atoms with E-state index in [-0.39, 0.29) is 74.9 Å². The molecule has 0 aliphatic carbocycles. The van der Waals surface area contributed by atoms with Gasteiger partial charge < -0.3 is 63.1 Å². The van der Waals surface area contributed by atoms with Crippen molar-refractivity contribution in [2.75, 3.05) is 89.4 Å². The summed E-state index contributed by atoms with van der Waals surface area (Å²) in [7, 11) is 21.8. The monoisotopic (exact) mass is 1840 g/mol. The third kappa shape index (κ3) is 42.1. The van der Waals surface area contributed by atoms with E-state index in [2.05, 4.69) is 126 Å². The Morgan fingerprint density at radius 1 is 0.566 bits per heavy atom. The summed E-state index contributed by atoms with van der Waals surface area (Å²) in [5, 5.41) is 28.6. The number of hydrogen-bond donors (Lipinski definition) is 3. The number of nitrogen functional groups attached to an aromatic ring is 1. The predicted octanol–water partition coefficient (Wildman–Crippen LogP) is 16.9. The number of aromatic nitrogens is 10. The molecule has 6 aromatic heterocycles. The Labute approximate surface area is 704 Å². The molecule has 11 aromatic rings. The Morgan fingerprint density at radius 3 is 1.39 bits per heavy atom. The van der Waals surface area contributed by atoms with Crippen LogP contribution in [0.15, 0.2) is 197 Å². The molecule has 48 heteroatoms. The number of methoxy groups -OCH3 is 2. The number of anilines is 1. The number of nitriles is 2. The molecule has 0 aliphatic heterocycles. The van der Waals surface area contributed by atoms with Crippen molar-refractivity contribution < 1.29 is 104 Å². The van der Waals surface area contributed by atoms with Crippen LogP contribution in [0.3, 0.4) is 0 Å². The molecule has 5 aromatic carbocycles. The van der Waals surface area contributed by atoms with Gasteiger partial charge >= 0.3 is 42.7 Å². The summed E-state index contributed by atoms with van der Waals surface area (Å²) in [6, 6.07) is 35.2. The van der Waals surface area contributed by atoms with Crippen LogP contribution in [0.25, 0.3) is 50.2 Å². The number of nitrogens with two attached hydrogens (primary N) is 1. The van der Waals surface area contributed by atoms with Crippen molar-refractivity contribution in [1.29, 1.82) is 10.5 Å². The Kier molecular flexibility index (Phi) is 41.9. The highest BCUT2D eigenvalue weighted by Crippen LogP contribution is 2.61. The lowest BCUT2D eigenvalue weighted by Gasteiger charge is -2.19. The number of fused-ring (bicyclic) bond motifs is 2. The lowest BCUT2D eigenvalue weighted by molar-refractivity contribution is -0.275. The SMILES string of the molecule is CN(C)/C=C(\C#N)c1cccc(OC(F)(F)F)c1.CN(C)CCN(C)C.COC(OC)N(C)C.Cn1ccc(=O)n(C)c1=O.FC(F)(F)Oc1cccc(-c2cnn3ccc(Cl)nc23)c1.N#CCc1cccc(OC(F)(F)F)c1.Nc1[nH]ncc1-c1cccc(OC(F)(F)F)c1.O=P(Cl)(Cl)Cl.O=c1ccn2ncc(-c3cccc(OC(F)(F)F)c3)c2[nH]1. The smallest absolute Gasteiger partial charge is 0.406 e. The first-order valence-electron chi connectivity index (χ1n) is 33.8. The Hall–Kier alpha value is -11.5. The number of nitrogens with zero attached hydrogens (tertiary/aromatic N) is 14. The molecule has 0 saturated carbocycles. The van der Waals surface area contributed by atoms with E-state index in [9.17, 15) is 84.8 Å². The fraction of sp³-hybridized carbons (Fsp3) is 0.284. The molecule has 0 radical (unpaired) electrons. The molecule has 28 nitrogen and oxygen atoms in total. The minimum atomic E-state index is -4.76. The van der Waals surface area contributed by atoms with Gasteiger partial charge in [-0.2, -0.15) is 25.8 Å². The lowest BCUT2D eigenvalue weighted by Crippen LogP contribution is -2.35. The Bertz CT molecular complexity index is 5430. The summed E-state index contributed by atoms with van der Waals surface area (Å²) in [5.74, 6) is -1.30. The first-order chi connectivity index (χ1) is 56.6. The molecule has 0 aliphatic rings. The Balaban J connectivity index is 0.000000365. The van der Waals surface area contributed by atoms with Crippen LogP contribution in [-0.4, -0.2) is 190 Å². The number of ether oxygens (including phenoxy) is 7. The number of hydrogen-bond acceptors (Lipinski definition) is 22. The van der Waals surface area contributed by atoms with Crippen molar-refractivity contribution in [1.82, 2.24) is 68.1 Å². The van der Waals surface area contributed by atoms with Gasteiger partial charge in [0.2, 0.25) is 6.41 Å². The van der Waals surface area contributed by atoms with E-state index < -0.39 is 37.0 Å². The fourth-order valence-corrected chi connectivity index (χ4v) is 9.23. The van der Waals surface area contributed by atoms with E-state index in [0.717, 1.165) is 17.7 Å². The van der Waals surface area contributed by atoms with Crippen LogP contribution in [-0.2, 0) is 34.6 Å². The number of rotatable bonds is 17. The van der Waals surface area contributed by atoms with Crippen molar-refractivity contribution in [3.63, 3.8) is 0 Å². The highest BCUT2D eigenvalue weighted by Gasteiger charge is 2.35. The standard InChI is InChI=1S/C13H7ClF3N3O.C13H8F3N3O2.C12H11F3N2O.C10H8F3N3O.C9H6F3NO.C6H8N2O2.C6H16N2.C5H13NO2.Cl3OP/c14-11-4-5-20-12(19-11)10(7-18-20)8-2-1-3-9(6-8)21-13(15,16)17;14-13(15,16)21-9-3-1-2-8(6-9)10-7-17-19-5-4-11(20)18-12(10)19;1-17(2)8-10(7-16)9-4-3-5-11(6-9)18-12(13,14)15;11-10(12,13)17-7-3-1-2-6(4-7)8-5-15-16-9(8)14;10-9(11,12)14-8-3-1-2-7(6-8)4-5-13;1-7-4-3-5(9)8(2)6(7)10;1-7(2)5-6-8(3)4;1-6(2)5(7-3)8-4;1-5(2,3)4/h1-7H;1-7H,(H,18,20);3-6,8H,1-2H3;1-5H,(H3,14,15,16);1-3,6H,4H2;3-4H,1-2H3;5-6H2,1-4H3;5H,1-4H3;/b;;10-8+;;;;;;. The third-order valence-corrected chi connectivity index (χ3v) is 14.2. The van der Waals surface area contributed by atoms with Crippen LogP contribution in [0, 0.1) is 22.7 Å². The molecule has 0 unspecified atom stereocenters. The van der Waals surface area contributed by atoms with Crippen molar-refractivity contribution in [3.05, 3.63) is 230 Å². The molecule has 662 valence electrons. The summed E-state index contributed by atoms with van der Waals surface area (Å²) < 4.78 is 225. The van der Waals surface area contributed by atoms with Gasteiger partial charge in [0, 0.05) is 109 Å².